The summed E-state index contributed by atoms with van der Waals surface area (Å²) in [5.74, 6) is 1.87. The summed E-state index contributed by atoms with van der Waals surface area (Å²) in [6.07, 6.45) is 1.84. The Morgan fingerprint density at radius 2 is 2.24 bits per heavy atom. The zero-order valence-electron chi connectivity index (χ0n) is 14.8. The Hall–Kier alpha value is -2.28. The van der Waals surface area contributed by atoms with E-state index in [0.29, 0.717) is 19.7 Å². The smallest absolute Gasteiger partial charge is 0.407 e. The number of benzene rings is 1. The van der Waals surface area contributed by atoms with Crippen LogP contribution in [0.3, 0.4) is 0 Å². The molecule has 1 atom stereocenters. The Kier molecular flexibility index (Phi) is 5.43. The molecule has 1 aliphatic rings. The van der Waals surface area contributed by atoms with Gasteiger partial charge in [-0.3, -0.25) is 0 Å². The molecule has 1 aromatic carbocycles. The molecule has 2 heterocycles. The molecule has 1 N–H and O–H groups in total. The second-order valence-electron chi connectivity index (χ2n) is 6.39. The number of fused-ring (bicyclic) bond motifs is 1. The quantitative estimate of drug-likeness (QED) is 0.813. The van der Waals surface area contributed by atoms with Crippen LogP contribution >= 0.6 is 0 Å². The number of carboxylic acid groups (broad SMARTS) is 1. The molecule has 7 heteroatoms. The number of imidazole rings is 1. The van der Waals surface area contributed by atoms with Crippen LogP contribution in [0.5, 0.6) is 5.75 Å². The fourth-order valence-electron chi connectivity index (χ4n) is 3.52. The van der Waals surface area contributed by atoms with Gasteiger partial charge in [0, 0.05) is 45.3 Å². The molecule has 25 heavy (non-hydrogen) atoms. The van der Waals surface area contributed by atoms with Gasteiger partial charge in [-0.15, -0.1) is 0 Å². The molecule has 3 rings (SSSR count). The number of methoxy groups -OCH3 is 2. The number of rotatable bonds is 6. The first-order chi connectivity index (χ1) is 12.1. The van der Waals surface area contributed by atoms with Crippen molar-refractivity contribution in [3.8, 4) is 5.75 Å². The first kappa shape index (κ1) is 17.5. The molecule has 1 unspecified atom stereocenters. The maximum absolute atomic E-state index is 11.3. The van der Waals surface area contributed by atoms with Gasteiger partial charge in [-0.25, -0.2) is 9.78 Å². The summed E-state index contributed by atoms with van der Waals surface area (Å²) in [6, 6.07) is 5.86. The minimum absolute atomic E-state index is 0.116. The van der Waals surface area contributed by atoms with E-state index in [1.165, 1.54) is 4.90 Å². The summed E-state index contributed by atoms with van der Waals surface area (Å²) in [7, 11) is 3.35. The van der Waals surface area contributed by atoms with Crippen molar-refractivity contribution in [2.75, 3.05) is 33.9 Å². The van der Waals surface area contributed by atoms with Crippen LogP contribution in [-0.4, -0.2) is 59.6 Å². The van der Waals surface area contributed by atoms with Crippen LogP contribution in [0.2, 0.25) is 0 Å². The number of ether oxygens (including phenoxy) is 2. The van der Waals surface area contributed by atoms with Crippen molar-refractivity contribution in [1.29, 1.82) is 0 Å². The predicted octanol–water partition coefficient (Wildman–Crippen LogP) is 2.94. The second kappa shape index (κ2) is 7.74. The number of amides is 1. The maximum atomic E-state index is 11.3. The van der Waals surface area contributed by atoms with Gasteiger partial charge in [-0.1, -0.05) is 0 Å². The van der Waals surface area contributed by atoms with Gasteiger partial charge in [0.15, 0.2) is 0 Å². The molecule has 7 nitrogen and oxygen atoms in total. The normalized spacial score (nSPS) is 17.8. The van der Waals surface area contributed by atoms with E-state index in [1.807, 2.05) is 18.2 Å². The van der Waals surface area contributed by atoms with Gasteiger partial charge in [0.2, 0.25) is 0 Å². The number of aromatic nitrogens is 2. The molecule has 0 spiro atoms. The Morgan fingerprint density at radius 3 is 2.96 bits per heavy atom. The van der Waals surface area contributed by atoms with Crippen LogP contribution in [-0.2, 0) is 11.3 Å². The number of carbonyl (C=O) groups is 1. The number of hydrogen-bond acceptors (Lipinski definition) is 4. The van der Waals surface area contributed by atoms with Gasteiger partial charge < -0.3 is 24.0 Å². The Balaban J connectivity index is 1.97. The first-order valence-corrected chi connectivity index (χ1v) is 8.65. The Labute approximate surface area is 147 Å². The molecule has 0 bridgehead atoms. The maximum Gasteiger partial charge on any atom is 0.407 e. The minimum atomic E-state index is -0.853. The van der Waals surface area contributed by atoms with E-state index in [-0.39, 0.29) is 5.92 Å². The average molecular weight is 347 g/mol. The zero-order valence-corrected chi connectivity index (χ0v) is 14.8. The summed E-state index contributed by atoms with van der Waals surface area (Å²) < 4.78 is 12.7. The van der Waals surface area contributed by atoms with Crippen molar-refractivity contribution in [3.05, 3.63) is 24.0 Å². The van der Waals surface area contributed by atoms with E-state index in [9.17, 15) is 9.90 Å². The van der Waals surface area contributed by atoms with E-state index in [4.69, 9.17) is 14.5 Å². The summed E-state index contributed by atoms with van der Waals surface area (Å²) >= 11 is 0. The lowest BCUT2D eigenvalue weighted by Crippen LogP contribution is -2.38. The van der Waals surface area contributed by atoms with E-state index < -0.39 is 6.09 Å². The molecule has 136 valence electrons. The molecular weight excluding hydrogens is 322 g/mol. The second-order valence-corrected chi connectivity index (χ2v) is 6.39. The van der Waals surface area contributed by atoms with E-state index in [2.05, 4.69) is 4.57 Å². The van der Waals surface area contributed by atoms with Crippen LogP contribution in [0.1, 0.15) is 31.0 Å². The van der Waals surface area contributed by atoms with Crippen molar-refractivity contribution in [3.63, 3.8) is 0 Å². The van der Waals surface area contributed by atoms with Crippen LogP contribution in [0.15, 0.2) is 18.2 Å². The number of likely N-dealkylation sites (tertiary alicyclic amines) is 1. The highest BCUT2D eigenvalue weighted by Gasteiger charge is 2.28. The van der Waals surface area contributed by atoms with Crippen molar-refractivity contribution < 1.29 is 19.4 Å². The van der Waals surface area contributed by atoms with Gasteiger partial charge in [0.05, 0.1) is 18.1 Å². The molecule has 1 aromatic heterocycles. The zero-order chi connectivity index (χ0) is 17.8. The van der Waals surface area contributed by atoms with Crippen molar-refractivity contribution in [1.82, 2.24) is 14.5 Å². The van der Waals surface area contributed by atoms with E-state index in [0.717, 1.165) is 48.4 Å². The predicted molar refractivity (Wildman–Crippen MR) is 94.4 cm³/mol. The monoisotopic (exact) mass is 347 g/mol. The van der Waals surface area contributed by atoms with Gasteiger partial charge in [0.1, 0.15) is 11.6 Å². The molecule has 1 aliphatic heterocycles. The number of hydrogen-bond donors (Lipinski definition) is 1. The largest absolute Gasteiger partial charge is 0.497 e. The number of aryl methyl sites for hydroxylation is 1. The lowest BCUT2D eigenvalue weighted by molar-refractivity contribution is 0.129. The molecule has 1 saturated heterocycles. The summed E-state index contributed by atoms with van der Waals surface area (Å²) in [5.41, 5.74) is 1.94. The van der Waals surface area contributed by atoms with E-state index in [1.54, 1.807) is 14.2 Å². The van der Waals surface area contributed by atoms with Crippen molar-refractivity contribution in [2.45, 2.75) is 31.7 Å². The van der Waals surface area contributed by atoms with Crippen molar-refractivity contribution in [2.24, 2.45) is 0 Å². The molecule has 1 fully saturated rings. The molecule has 0 saturated carbocycles. The Bertz CT molecular complexity index is 743. The highest BCUT2D eigenvalue weighted by atomic mass is 16.5. The van der Waals surface area contributed by atoms with E-state index >= 15 is 0 Å². The van der Waals surface area contributed by atoms with Crippen LogP contribution in [0, 0.1) is 0 Å². The lowest BCUT2D eigenvalue weighted by atomic mass is 9.97. The standard InChI is InChI=1S/C18H25N3O4/c1-24-10-4-9-21-16-11-14(25-2)6-7-15(16)19-17(21)13-5-3-8-20(12-13)18(22)23/h6-7,11,13H,3-5,8-10,12H2,1-2H3,(H,22,23). The molecule has 2 aromatic rings. The third-order valence-corrected chi connectivity index (χ3v) is 4.77. The first-order valence-electron chi connectivity index (χ1n) is 8.65. The highest BCUT2D eigenvalue weighted by molar-refractivity contribution is 5.78. The van der Waals surface area contributed by atoms with Crippen LogP contribution in [0.4, 0.5) is 4.79 Å². The molecule has 0 aliphatic carbocycles. The third-order valence-electron chi connectivity index (χ3n) is 4.77. The number of nitrogens with zero attached hydrogens (tertiary/aromatic N) is 3. The topological polar surface area (TPSA) is 76.8 Å². The number of piperidine rings is 1. The summed E-state index contributed by atoms with van der Waals surface area (Å²) in [4.78, 5) is 17.7. The van der Waals surface area contributed by atoms with Gasteiger partial charge in [-0.05, 0) is 31.4 Å². The van der Waals surface area contributed by atoms with Crippen LogP contribution < -0.4 is 4.74 Å². The Morgan fingerprint density at radius 1 is 1.40 bits per heavy atom. The SMILES string of the molecule is COCCCn1c(C2CCCN(C(=O)O)C2)nc2ccc(OC)cc21. The third kappa shape index (κ3) is 3.71. The molecule has 1 amide bonds. The van der Waals surface area contributed by atoms with Crippen LogP contribution in [0.25, 0.3) is 11.0 Å². The minimum Gasteiger partial charge on any atom is -0.497 e. The fourth-order valence-corrected chi connectivity index (χ4v) is 3.52. The van der Waals surface area contributed by atoms with Gasteiger partial charge in [0.25, 0.3) is 0 Å². The van der Waals surface area contributed by atoms with Gasteiger partial charge in [-0.2, -0.15) is 0 Å². The summed E-state index contributed by atoms with van der Waals surface area (Å²) in [6.45, 7) is 2.56. The summed E-state index contributed by atoms with van der Waals surface area (Å²) in [5, 5.41) is 9.32. The lowest BCUT2D eigenvalue weighted by Gasteiger charge is -2.30. The van der Waals surface area contributed by atoms with Gasteiger partial charge >= 0.3 is 6.09 Å². The fraction of sp³-hybridized carbons (Fsp3) is 0.556. The highest BCUT2D eigenvalue weighted by Crippen LogP contribution is 2.31. The van der Waals surface area contributed by atoms with Crippen molar-refractivity contribution >= 4 is 17.1 Å². The molecular formula is C18H25N3O4. The average Bonchev–Trinajstić information content (AvgIpc) is 3.00. The molecule has 0 radical (unpaired) electrons.